The highest BCUT2D eigenvalue weighted by Crippen LogP contribution is 2.18. The second-order valence-corrected chi connectivity index (χ2v) is 4.85. The Kier molecular flexibility index (Phi) is 4.92. The Balaban J connectivity index is 1.85. The van der Waals surface area contributed by atoms with E-state index in [-0.39, 0.29) is 30.0 Å². The zero-order chi connectivity index (χ0) is 14.4. The number of rotatable bonds is 5. The molecule has 0 saturated heterocycles. The van der Waals surface area contributed by atoms with E-state index in [9.17, 15) is 9.59 Å². The number of nitrogens with one attached hydrogen (secondary N) is 1. The van der Waals surface area contributed by atoms with Crippen molar-refractivity contribution in [2.45, 2.75) is 38.1 Å². The molecule has 1 aliphatic carbocycles. The summed E-state index contributed by atoms with van der Waals surface area (Å²) in [6.07, 6.45) is 6.87. The van der Waals surface area contributed by atoms with E-state index >= 15 is 0 Å². The van der Waals surface area contributed by atoms with Gasteiger partial charge in [-0.2, -0.15) is 0 Å². The first-order valence-electron chi connectivity index (χ1n) is 6.77. The van der Waals surface area contributed by atoms with Crippen LogP contribution in [0.4, 0.5) is 0 Å². The van der Waals surface area contributed by atoms with Crippen molar-refractivity contribution in [2.24, 2.45) is 0 Å². The lowest BCUT2D eigenvalue weighted by atomic mass is 9.95. The number of aromatic carboxylic acids is 1. The normalized spacial score (nSPS) is 15.6. The molecule has 6 nitrogen and oxygen atoms in total. The second-order valence-electron chi connectivity index (χ2n) is 4.85. The molecule has 20 heavy (non-hydrogen) atoms. The Labute approximate surface area is 117 Å². The van der Waals surface area contributed by atoms with Crippen molar-refractivity contribution in [3.63, 3.8) is 0 Å². The van der Waals surface area contributed by atoms with Gasteiger partial charge in [0.25, 0.3) is 5.91 Å². The number of ether oxygens (including phenoxy) is 1. The monoisotopic (exact) mass is 278 g/mol. The zero-order valence-electron chi connectivity index (χ0n) is 11.2. The molecule has 1 amide bonds. The van der Waals surface area contributed by atoms with Gasteiger partial charge >= 0.3 is 5.97 Å². The van der Waals surface area contributed by atoms with E-state index in [0.29, 0.717) is 0 Å². The minimum atomic E-state index is -1.17. The van der Waals surface area contributed by atoms with Crippen LogP contribution in [-0.4, -0.2) is 34.6 Å². The van der Waals surface area contributed by atoms with Gasteiger partial charge in [-0.15, -0.1) is 0 Å². The summed E-state index contributed by atoms with van der Waals surface area (Å²) in [5.74, 6) is -1.29. The van der Waals surface area contributed by atoms with Crippen molar-refractivity contribution in [1.82, 2.24) is 10.3 Å². The third-order valence-corrected chi connectivity index (χ3v) is 3.30. The maximum atomic E-state index is 11.8. The molecular formula is C14H18N2O4. The minimum absolute atomic E-state index is 0.110. The molecule has 2 rings (SSSR count). The van der Waals surface area contributed by atoms with Gasteiger partial charge < -0.3 is 15.2 Å². The number of carbonyl (C=O) groups excluding carboxylic acids is 1. The van der Waals surface area contributed by atoms with Gasteiger partial charge in [0.2, 0.25) is 0 Å². The first-order chi connectivity index (χ1) is 9.66. The van der Waals surface area contributed by atoms with Crippen LogP contribution in [0.3, 0.4) is 0 Å². The van der Waals surface area contributed by atoms with Crippen LogP contribution in [0.1, 0.15) is 42.6 Å². The molecule has 108 valence electrons. The standard InChI is InChI=1S/C14H18N2O4/c17-12(16-10-5-2-1-3-6-10)9-20-11-7-4-8-15-13(11)14(18)19/h4,7-8,10H,1-3,5-6,9H2,(H,16,17)(H,18,19). The maximum absolute atomic E-state index is 11.8. The van der Waals surface area contributed by atoms with E-state index in [4.69, 9.17) is 9.84 Å². The third kappa shape index (κ3) is 3.94. The predicted octanol–water partition coefficient (Wildman–Crippen LogP) is 1.61. The molecule has 1 fully saturated rings. The summed E-state index contributed by atoms with van der Waals surface area (Å²) < 4.78 is 5.25. The van der Waals surface area contributed by atoms with Crippen molar-refractivity contribution in [1.29, 1.82) is 0 Å². The number of hydrogen-bond acceptors (Lipinski definition) is 4. The first-order valence-corrected chi connectivity index (χ1v) is 6.77. The average Bonchev–Trinajstić information content (AvgIpc) is 2.46. The van der Waals surface area contributed by atoms with Crippen LogP contribution in [0.5, 0.6) is 5.75 Å². The SMILES string of the molecule is O=C(COc1cccnc1C(=O)O)NC1CCCCC1. The molecule has 1 aromatic heterocycles. The van der Waals surface area contributed by atoms with Gasteiger partial charge in [0.05, 0.1) is 0 Å². The molecule has 1 heterocycles. The van der Waals surface area contributed by atoms with E-state index in [1.165, 1.54) is 18.7 Å². The van der Waals surface area contributed by atoms with Gasteiger partial charge in [-0.05, 0) is 25.0 Å². The highest BCUT2D eigenvalue weighted by Gasteiger charge is 2.17. The number of pyridine rings is 1. The number of carboxylic acids is 1. The quantitative estimate of drug-likeness (QED) is 0.854. The summed E-state index contributed by atoms with van der Waals surface area (Å²) in [5, 5.41) is 11.9. The number of amides is 1. The third-order valence-electron chi connectivity index (χ3n) is 3.30. The molecule has 0 radical (unpaired) electrons. The van der Waals surface area contributed by atoms with Gasteiger partial charge in [0.15, 0.2) is 18.1 Å². The minimum Gasteiger partial charge on any atom is -0.481 e. The molecule has 1 aliphatic rings. The first kappa shape index (κ1) is 14.3. The zero-order valence-corrected chi connectivity index (χ0v) is 11.2. The Morgan fingerprint density at radius 1 is 1.35 bits per heavy atom. The summed E-state index contributed by atoms with van der Waals surface area (Å²) in [6.45, 7) is -0.192. The van der Waals surface area contributed by atoms with Crippen molar-refractivity contribution < 1.29 is 19.4 Å². The number of carboxylic acid groups (broad SMARTS) is 1. The van der Waals surface area contributed by atoms with E-state index in [0.717, 1.165) is 25.7 Å². The maximum Gasteiger partial charge on any atom is 0.358 e. The number of hydrogen-bond donors (Lipinski definition) is 2. The van der Waals surface area contributed by atoms with Gasteiger partial charge in [-0.3, -0.25) is 4.79 Å². The van der Waals surface area contributed by atoms with Crippen molar-refractivity contribution in [2.75, 3.05) is 6.61 Å². The summed E-state index contributed by atoms with van der Waals surface area (Å²) in [5.41, 5.74) is -0.182. The molecule has 1 aromatic rings. The smallest absolute Gasteiger partial charge is 0.358 e. The predicted molar refractivity (Wildman–Crippen MR) is 71.7 cm³/mol. The van der Waals surface area contributed by atoms with Crippen molar-refractivity contribution >= 4 is 11.9 Å². The fraction of sp³-hybridized carbons (Fsp3) is 0.500. The summed E-state index contributed by atoms with van der Waals surface area (Å²) in [7, 11) is 0. The molecule has 0 aromatic carbocycles. The van der Waals surface area contributed by atoms with Crippen LogP contribution in [-0.2, 0) is 4.79 Å². The molecule has 6 heteroatoms. The second kappa shape index (κ2) is 6.88. The molecule has 0 bridgehead atoms. The van der Waals surface area contributed by atoms with Crippen molar-refractivity contribution in [3.8, 4) is 5.75 Å². The number of nitrogens with zero attached hydrogens (tertiary/aromatic N) is 1. The van der Waals surface area contributed by atoms with Crippen LogP contribution in [0.25, 0.3) is 0 Å². The Hall–Kier alpha value is -2.11. The van der Waals surface area contributed by atoms with Crippen LogP contribution in [0.2, 0.25) is 0 Å². The molecule has 0 aliphatic heterocycles. The Morgan fingerprint density at radius 2 is 2.10 bits per heavy atom. The molecule has 0 unspecified atom stereocenters. The molecule has 0 atom stereocenters. The fourth-order valence-electron chi connectivity index (χ4n) is 2.33. The number of aromatic nitrogens is 1. The van der Waals surface area contributed by atoms with E-state index < -0.39 is 5.97 Å². The van der Waals surface area contributed by atoms with Crippen LogP contribution >= 0.6 is 0 Å². The van der Waals surface area contributed by atoms with Gasteiger partial charge in [-0.25, -0.2) is 9.78 Å². The average molecular weight is 278 g/mol. The molecule has 0 spiro atoms. The van der Waals surface area contributed by atoms with Crippen LogP contribution in [0.15, 0.2) is 18.3 Å². The van der Waals surface area contributed by atoms with E-state index in [2.05, 4.69) is 10.3 Å². The lowest BCUT2D eigenvalue weighted by Crippen LogP contribution is -2.39. The Morgan fingerprint density at radius 3 is 2.80 bits per heavy atom. The summed E-state index contributed by atoms with van der Waals surface area (Å²) in [6, 6.07) is 3.28. The highest BCUT2D eigenvalue weighted by molar-refractivity contribution is 5.88. The number of carbonyl (C=O) groups is 2. The van der Waals surface area contributed by atoms with Crippen molar-refractivity contribution in [3.05, 3.63) is 24.0 Å². The van der Waals surface area contributed by atoms with E-state index in [1.807, 2.05) is 0 Å². The summed E-state index contributed by atoms with van der Waals surface area (Å²) in [4.78, 5) is 26.4. The topological polar surface area (TPSA) is 88.5 Å². The lowest BCUT2D eigenvalue weighted by molar-refractivity contribution is -0.124. The highest BCUT2D eigenvalue weighted by atomic mass is 16.5. The molecule has 1 saturated carbocycles. The lowest BCUT2D eigenvalue weighted by Gasteiger charge is -2.22. The van der Waals surface area contributed by atoms with Gasteiger partial charge in [-0.1, -0.05) is 19.3 Å². The summed E-state index contributed by atoms with van der Waals surface area (Å²) >= 11 is 0. The van der Waals surface area contributed by atoms with Crippen LogP contribution in [0, 0.1) is 0 Å². The molecule has 2 N–H and O–H groups in total. The Bertz CT molecular complexity index is 484. The largest absolute Gasteiger partial charge is 0.481 e. The molecular weight excluding hydrogens is 260 g/mol. The van der Waals surface area contributed by atoms with Gasteiger partial charge in [0.1, 0.15) is 0 Å². The van der Waals surface area contributed by atoms with E-state index in [1.54, 1.807) is 6.07 Å². The van der Waals surface area contributed by atoms with Gasteiger partial charge in [0, 0.05) is 12.2 Å². The van der Waals surface area contributed by atoms with Crippen LogP contribution < -0.4 is 10.1 Å². The fourth-order valence-corrected chi connectivity index (χ4v) is 2.33.